The highest BCUT2D eigenvalue weighted by Crippen LogP contribution is 2.19. The van der Waals surface area contributed by atoms with Gasteiger partial charge >= 0.3 is 5.97 Å². The largest absolute Gasteiger partial charge is 0.480 e. The summed E-state index contributed by atoms with van der Waals surface area (Å²) in [6.07, 6.45) is 2.53. The van der Waals surface area contributed by atoms with Crippen LogP contribution in [0.3, 0.4) is 0 Å². The fourth-order valence-corrected chi connectivity index (χ4v) is 3.81. The molecule has 0 bridgehead atoms. The molecule has 1 aromatic heterocycles. The van der Waals surface area contributed by atoms with Crippen LogP contribution in [-0.2, 0) is 29.0 Å². The molecule has 1 aromatic carbocycles. The van der Waals surface area contributed by atoms with Gasteiger partial charge in [0.05, 0.1) is 11.8 Å². The van der Waals surface area contributed by atoms with Crippen molar-refractivity contribution in [2.24, 2.45) is 5.92 Å². The Hall–Kier alpha value is -2.35. The second-order valence-electron chi connectivity index (χ2n) is 7.55. The fraction of sp³-hybridized carbons (Fsp3) is 0.524. The molecule has 1 amide bonds. The van der Waals surface area contributed by atoms with E-state index in [4.69, 9.17) is 5.11 Å². The molecule has 2 rings (SSSR count). The number of carbonyl (C=O) groups excluding carboxylic acids is 1. The van der Waals surface area contributed by atoms with Gasteiger partial charge in [0.25, 0.3) is 0 Å². The molecule has 0 aliphatic carbocycles. The number of hydrogen-bond donors (Lipinski definition) is 2. The van der Waals surface area contributed by atoms with Crippen molar-refractivity contribution in [3.8, 4) is 0 Å². The van der Waals surface area contributed by atoms with Crippen molar-refractivity contribution in [1.82, 2.24) is 20.1 Å². The lowest BCUT2D eigenvalue weighted by molar-refractivity contribution is -0.137. The number of nitrogens with zero attached hydrogens (tertiary/aromatic N) is 3. The summed E-state index contributed by atoms with van der Waals surface area (Å²) in [5.41, 5.74) is 2.34. The predicted octanol–water partition coefficient (Wildman–Crippen LogP) is 3.48. The molecule has 0 aliphatic heterocycles. The molecule has 158 valence electrons. The lowest BCUT2D eigenvalue weighted by Crippen LogP contribution is -2.28. The maximum atomic E-state index is 12.4. The minimum absolute atomic E-state index is 0.108. The molecule has 0 saturated heterocycles. The first-order valence-corrected chi connectivity index (χ1v) is 10.9. The maximum Gasteiger partial charge on any atom is 0.323 e. The lowest BCUT2D eigenvalue weighted by Gasteiger charge is -2.15. The second kappa shape index (κ2) is 11.0. The van der Waals surface area contributed by atoms with Gasteiger partial charge in [-0.25, -0.2) is 0 Å². The van der Waals surface area contributed by atoms with Crippen molar-refractivity contribution >= 4 is 23.6 Å². The summed E-state index contributed by atoms with van der Waals surface area (Å²) in [5, 5.41) is 20.7. The molecule has 1 heterocycles. The summed E-state index contributed by atoms with van der Waals surface area (Å²) in [4.78, 5) is 23.5. The van der Waals surface area contributed by atoms with Crippen LogP contribution >= 0.6 is 11.8 Å². The molecular weight excluding hydrogens is 388 g/mol. The quantitative estimate of drug-likeness (QED) is 0.542. The maximum absolute atomic E-state index is 12.4. The van der Waals surface area contributed by atoms with Gasteiger partial charge in [0.15, 0.2) is 5.16 Å². The smallest absolute Gasteiger partial charge is 0.323 e. The molecule has 8 heteroatoms. The number of carbonyl (C=O) groups is 2. The third-order valence-electron chi connectivity index (χ3n) is 4.39. The van der Waals surface area contributed by atoms with E-state index < -0.39 is 5.97 Å². The van der Waals surface area contributed by atoms with E-state index in [2.05, 4.69) is 53.6 Å². The Bertz CT molecular complexity index is 818. The summed E-state index contributed by atoms with van der Waals surface area (Å²) in [7, 11) is 0. The minimum Gasteiger partial charge on any atom is -0.480 e. The minimum atomic E-state index is -0.956. The zero-order valence-electron chi connectivity index (χ0n) is 17.5. The monoisotopic (exact) mass is 418 g/mol. The molecule has 2 N–H and O–H groups in total. The van der Waals surface area contributed by atoms with Gasteiger partial charge in [-0.15, -0.1) is 10.2 Å². The van der Waals surface area contributed by atoms with E-state index in [-0.39, 0.29) is 24.2 Å². The van der Waals surface area contributed by atoms with Crippen molar-refractivity contribution in [3.05, 3.63) is 41.2 Å². The number of nitrogens with one attached hydrogen (secondary N) is 1. The van der Waals surface area contributed by atoms with Crippen molar-refractivity contribution in [3.63, 3.8) is 0 Å². The van der Waals surface area contributed by atoms with Crippen LogP contribution in [0.4, 0.5) is 0 Å². The lowest BCUT2D eigenvalue weighted by atomic mass is 10.00. The van der Waals surface area contributed by atoms with Gasteiger partial charge < -0.3 is 10.4 Å². The van der Waals surface area contributed by atoms with E-state index in [0.29, 0.717) is 23.3 Å². The van der Waals surface area contributed by atoms with E-state index in [1.807, 2.05) is 13.8 Å². The van der Waals surface area contributed by atoms with Crippen molar-refractivity contribution in [2.75, 3.05) is 5.75 Å². The normalized spacial score (nSPS) is 12.2. The number of benzene rings is 1. The molecular formula is C21H30N4O3S. The van der Waals surface area contributed by atoms with Gasteiger partial charge in [0, 0.05) is 6.42 Å². The third-order valence-corrected chi connectivity index (χ3v) is 5.36. The first-order chi connectivity index (χ1) is 13.8. The molecule has 29 heavy (non-hydrogen) atoms. The summed E-state index contributed by atoms with van der Waals surface area (Å²) >= 11 is 1.20. The van der Waals surface area contributed by atoms with Gasteiger partial charge in [-0.1, -0.05) is 56.8 Å². The number of aryl methyl sites for hydroxylation is 1. The van der Waals surface area contributed by atoms with Crippen LogP contribution in [-0.4, -0.2) is 37.5 Å². The van der Waals surface area contributed by atoms with E-state index in [1.165, 1.54) is 17.3 Å². The van der Waals surface area contributed by atoms with Crippen LogP contribution in [0, 0.1) is 5.92 Å². The SMILES string of the molecule is CCCc1nnc(SCC(=O)N[C@H](C)c2ccc(CC(C)C)cc2)n1CC(=O)O. The number of amides is 1. The second-order valence-corrected chi connectivity index (χ2v) is 8.49. The van der Waals surface area contributed by atoms with Gasteiger partial charge in [-0.2, -0.15) is 0 Å². The molecule has 1 atom stereocenters. The fourth-order valence-electron chi connectivity index (χ4n) is 3.04. The summed E-state index contributed by atoms with van der Waals surface area (Å²) in [6, 6.07) is 8.21. The molecule has 0 unspecified atom stereocenters. The first kappa shape index (κ1) is 22.9. The topological polar surface area (TPSA) is 97.1 Å². The summed E-state index contributed by atoms with van der Waals surface area (Å²) in [6.45, 7) is 8.13. The van der Waals surface area contributed by atoms with Crippen LogP contribution in [0.1, 0.15) is 57.1 Å². The van der Waals surface area contributed by atoms with Crippen molar-refractivity contribution in [1.29, 1.82) is 0 Å². The highest BCUT2D eigenvalue weighted by atomic mass is 32.2. The van der Waals surface area contributed by atoms with E-state index in [9.17, 15) is 9.59 Å². The Morgan fingerprint density at radius 3 is 2.45 bits per heavy atom. The van der Waals surface area contributed by atoms with Gasteiger partial charge in [-0.05, 0) is 36.8 Å². The Kier molecular flexibility index (Phi) is 8.70. The molecule has 0 saturated carbocycles. The molecule has 2 aromatic rings. The zero-order valence-corrected chi connectivity index (χ0v) is 18.3. The van der Waals surface area contributed by atoms with Crippen LogP contribution in [0.5, 0.6) is 0 Å². The molecule has 7 nitrogen and oxygen atoms in total. The predicted molar refractivity (Wildman–Crippen MR) is 114 cm³/mol. The Morgan fingerprint density at radius 1 is 1.17 bits per heavy atom. The Morgan fingerprint density at radius 2 is 1.86 bits per heavy atom. The highest BCUT2D eigenvalue weighted by molar-refractivity contribution is 7.99. The Labute approximate surface area is 176 Å². The highest BCUT2D eigenvalue weighted by Gasteiger charge is 2.17. The van der Waals surface area contributed by atoms with Crippen LogP contribution in [0.2, 0.25) is 0 Å². The van der Waals surface area contributed by atoms with Crippen molar-refractivity contribution < 1.29 is 14.7 Å². The van der Waals surface area contributed by atoms with Gasteiger partial charge in [0.1, 0.15) is 12.4 Å². The summed E-state index contributed by atoms with van der Waals surface area (Å²) < 4.78 is 1.57. The molecule has 0 aliphatic rings. The van der Waals surface area contributed by atoms with E-state index in [0.717, 1.165) is 18.4 Å². The standard InChI is InChI=1S/C21H30N4O3S/c1-5-6-18-23-24-21(25(18)12-20(27)28)29-13-19(26)22-15(4)17-9-7-16(8-10-17)11-14(2)3/h7-10,14-15H,5-6,11-13H2,1-4H3,(H,22,26)(H,27,28)/t15-/m1/s1. The molecule has 0 spiro atoms. The zero-order chi connectivity index (χ0) is 21.4. The average molecular weight is 419 g/mol. The average Bonchev–Trinajstić information content (AvgIpc) is 3.01. The van der Waals surface area contributed by atoms with Crippen LogP contribution < -0.4 is 5.32 Å². The van der Waals surface area contributed by atoms with Crippen LogP contribution in [0.15, 0.2) is 29.4 Å². The van der Waals surface area contributed by atoms with Gasteiger partial charge in [-0.3, -0.25) is 14.2 Å². The van der Waals surface area contributed by atoms with Crippen molar-refractivity contribution in [2.45, 2.75) is 64.7 Å². The number of aliphatic carboxylic acids is 1. The van der Waals surface area contributed by atoms with E-state index >= 15 is 0 Å². The molecule has 0 fully saturated rings. The third kappa shape index (κ3) is 7.20. The summed E-state index contributed by atoms with van der Waals surface area (Å²) in [5.74, 6) is 0.307. The number of carboxylic acids is 1. The number of thioether (sulfide) groups is 1. The Balaban J connectivity index is 1.93. The number of hydrogen-bond acceptors (Lipinski definition) is 5. The van der Waals surface area contributed by atoms with Crippen LogP contribution in [0.25, 0.3) is 0 Å². The van der Waals surface area contributed by atoms with Gasteiger partial charge in [0.2, 0.25) is 5.91 Å². The number of carboxylic acid groups (broad SMARTS) is 1. The van der Waals surface area contributed by atoms with E-state index in [1.54, 1.807) is 4.57 Å². The number of rotatable bonds is 11. The first-order valence-electron chi connectivity index (χ1n) is 9.95. The number of aromatic nitrogens is 3. The molecule has 0 radical (unpaired) electrons.